The summed E-state index contributed by atoms with van der Waals surface area (Å²) in [6.45, 7) is 0. The summed E-state index contributed by atoms with van der Waals surface area (Å²) in [6, 6.07) is 8.15. The van der Waals surface area contributed by atoms with Gasteiger partial charge in [-0.2, -0.15) is 0 Å². The van der Waals surface area contributed by atoms with Crippen LogP contribution in [-0.2, 0) is 0 Å². The van der Waals surface area contributed by atoms with E-state index in [1.807, 2.05) is 23.7 Å². The lowest BCUT2D eigenvalue weighted by Crippen LogP contribution is -2.81. The molecule has 0 spiro atoms. The summed E-state index contributed by atoms with van der Waals surface area (Å²) in [5.74, 6) is -71.4. The molecule has 0 aliphatic rings. The Labute approximate surface area is 300 Å². The lowest BCUT2D eigenvalue weighted by atomic mass is 9.12. The fourth-order valence-electron chi connectivity index (χ4n) is 5.92. The molecule has 0 aliphatic heterocycles. The lowest BCUT2D eigenvalue weighted by molar-refractivity contribution is -0.862. The van der Waals surface area contributed by atoms with Crippen LogP contribution < -0.4 is 31.4 Å². The zero-order valence-corrected chi connectivity index (χ0v) is 27.1. The molecule has 1 aromatic heterocycles. The van der Waals surface area contributed by atoms with E-state index in [2.05, 4.69) is 6.07 Å². The van der Waals surface area contributed by atoms with Gasteiger partial charge in [-0.1, -0.05) is 23.5 Å². The maximum Gasteiger partial charge on any atom is 0.278 e. The molecule has 0 saturated carbocycles. The topological polar surface area (TPSA) is 13.1 Å². The first-order chi connectivity index (χ1) is 26.1. The van der Waals surface area contributed by atoms with Crippen LogP contribution in [0.4, 0.5) is 87.8 Å². The first kappa shape index (κ1) is 41.6. The third-order valence-corrected chi connectivity index (χ3v) is 9.18. The van der Waals surface area contributed by atoms with Crippen molar-refractivity contribution in [1.82, 2.24) is 0 Å². The highest BCUT2D eigenvalue weighted by atomic mass is 32.1. The summed E-state index contributed by atoms with van der Waals surface area (Å²) >= 11 is 1.68. The zero-order valence-electron chi connectivity index (χ0n) is 26.3. The molecule has 0 radical (unpaired) electrons. The number of hydrogen-bond acceptors (Lipinski definition) is 2. The van der Waals surface area contributed by atoms with Gasteiger partial charge in [0, 0.05) is 10.8 Å². The number of benzene rings is 5. The van der Waals surface area contributed by atoms with Crippen molar-refractivity contribution in [2.24, 2.45) is 0 Å². The van der Waals surface area contributed by atoms with Crippen LogP contribution in [0, 0.1) is 116 Å². The number of thiazole rings is 1. The van der Waals surface area contributed by atoms with Crippen molar-refractivity contribution in [2.75, 3.05) is 7.11 Å². The van der Waals surface area contributed by atoms with Crippen molar-refractivity contribution in [1.29, 1.82) is 0 Å². The number of halogens is 20. The molecule has 0 amide bonds. The average Bonchev–Trinajstić information content (AvgIpc) is 3.61. The fraction of sp³-hybridized carbons (Fsp3) is 0.0312. The van der Waals surface area contributed by atoms with Crippen molar-refractivity contribution in [3.05, 3.63) is 146 Å². The van der Waals surface area contributed by atoms with Crippen LogP contribution in [0.15, 0.2) is 29.8 Å². The smallest absolute Gasteiger partial charge is 0.273 e. The van der Waals surface area contributed by atoms with E-state index in [0.29, 0.717) is 0 Å². The Morgan fingerprint density at radius 3 is 0.857 bits per heavy atom. The Hall–Kier alpha value is -5.55. The monoisotopic (exact) mass is 845 g/mol. The van der Waals surface area contributed by atoms with Crippen molar-refractivity contribution >= 4 is 49.6 Å². The molecule has 6 aromatic rings. The Morgan fingerprint density at radius 1 is 0.375 bits per heavy atom. The Balaban J connectivity index is 0.000000463. The number of nitrogens with zero attached hydrogens (tertiary/aromatic N) is 1. The molecule has 24 heteroatoms. The summed E-state index contributed by atoms with van der Waals surface area (Å²) in [6.07, 6.45) is -7.22. The predicted octanol–water partition coefficient (Wildman–Crippen LogP) is 7.09. The first-order valence-corrected chi connectivity index (χ1v) is 15.2. The predicted molar refractivity (Wildman–Crippen MR) is 154 cm³/mol. The molecule has 5 aromatic carbocycles. The lowest BCUT2D eigenvalue weighted by Gasteiger charge is -2.44. The molecule has 0 N–H and O–H groups in total. The number of aromatic nitrogens is 1. The zero-order chi connectivity index (χ0) is 42.0. The van der Waals surface area contributed by atoms with Crippen LogP contribution in [0.2, 0.25) is 0 Å². The minimum absolute atomic E-state index is 1.13. The molecule has 296 valence electrons. The van der Waals surface area contributed by atoms with Gasteiger partial charge in [-0.15, -0.1) is 21.9 Å². The number of para-hydroxylation sites is 1. The average molecular weight is 845 g/mol. The van der Waals surface area contributed by atoms with Gasteiger partial charge in [-0.25, -0.2) is 87.8 Å². The Bertz CT molecular complexity index is 2210. The standard InChI is InChI=1S/C24BF20.C8H8NOS/c26-5-1(6(27)14(35)21(42)13(5)34)25(2-7(28)15(36)22(43)16(37)8(2)29,3-9(30)17(38)23(44)18(39)10(3)31)4-11(32)19(40)24(45)20(41)12(4)33;1-10-9-6-11-8-5-3-2-4-7(8)9/h;2-6H,1H3/q-1;+1. The van der Waals surface area contributed by atoms with Gasteiger partial charge in [0.15, 0.2) is 69.8 Å². The van der Waals surface area contributed by atoms with Gasteiger partial charge in [0.1, 0.15) is 64.5 Å². The van der Waals surface area contributed by atoms with Gasteiger partial charge < -0.3 is 0 Å². The van der Waals surface area contributed by atoms with Gasteiger partial charge in [-0.05, 0) is 6.07 Å². The van der Waals surface area contributed by atoms with E-state index in [1.54, 1.807) is 23.2 Å². The third kappa shape index (κ3) is 5.86. The number of hydrogen-bond donors (Lipinski definition) is 0. The molecule has 2 nitrogen and oxygen atoms in total. The second-order valence-electron chi connectivity index (χ2n) is 11.0. The van der Waals surface area contributed by atoms with Crippen LogP contribution in [0.5, 0.6) is 0 Å². The van der Waals surface area contributed by atoms with Crippen LogP contribution in [-0.4, -0.2) is 13.3 Å². The van der Waals surface area contributed by atoms with Crippen LogP contribution in [0.1, 0.15) is 0 Å². The van der Waals surface area contributed by atoms with Crippen molar-refractivity contribution in [2.45, 2.75) is 0 Å². The van der Waals surface area contributed by atoms with Gasteiger partial charge in [0.2, 0.25) is 0 Å². The quantitative estimate of drug-likeness (QED) is 0.0595. The molecular weight excluding hydrogens is 837 g/mol. The first-order valence-electron chi connectivity index (χ1n) is 14.3. The molecule has 0 saturated heterocycles. The molecule has 1 heterocycles. The molecular formula is C32H8BF20NOS. The van der Waals surface area contributed by atoms with E-state index in [1.165, 1.54) is 4.70 Å². The van der Waals surface area contributed by atoms with E-state index in [4.69, 9.17) is 4.84 Å². The highest BCUT2D eigenvalue weighted by Crippen LogP contribution is 2.30. The maximum atomic E-state index is 15.4. The summed E-state index contributed by atoms with van der Waals surface area (Å²) < 4.78 is 297. The molecule has 6 rings (SSSR count). The minimum Gasteiger partial charge on any atom is -0.273 e. The van der Waals surface area contributed by atoms with E-state index >= 15 is 35.1 Å². The summed E-state index contributed by atoms with van der Waals surface area (Å²) in [4.78, 5) is 5.09. The largest absolute Gasteiger partial charge is 0.278 e. The van der Waals surface area contributed by atoms with Crippen molar-refractivity contribution in [3.63, 3.8) is 0 Å². The Morgan fingerprint density at radius 2 is 0.607 bits per heavy atom. The Kier molecular flexibility index (Phi) is 11.0. The highest BCUT2D eigenvalue weighted by Gasteiger charge is 2.52. The number of fused-ring (bicyclic) bond motifs is 1. The molecule has 0 aliphatic carbocycles. The molecule has 0 unspecified atom stereocenters. The summed E-state index contributed by atoms with van der Waals surface area (Å²) in [5, 5.41) is 0. The summed E-state index contributed by atoms with van der Waals surface area (Å²) in [7, 11) is 1.67. The third-order valence-electron chi connectivity index (χ3n) is 8.28. The van der Waals surface area contributed by atoms with Crippen LogP contribution >= 0.6 is 11.3 Å². The SMILES string of the molecule is CO[n+]1csc2ccccc21.Fc1c(F)c(F)c([B-](c2c(F)c(F)c(F)c(F)c2F)(c2c(F)c(F)c(F)c(F)c2F)c2c(F)c(F)c(F)c(F)c2F)c(F)c1F. The van der Waals surface area contributed by atoms with E-state index in [-0.39, 0.29) is 0 Å². The second-order valence-corrected chi connectivity index (χ2v) is 11.9. The highest BCUT2D eigenvalue weighted by molar-refractivity contribution is 7.20. The van der Waals surface area contributed by atoms with Crippen molar-refractivity contribution < 1.29 is 97.4 Å². The van der Waals surface area contributed by atoms with Gasteiger partial charge in [-0.3, -0.25) is 4.84 Å². The van der Waals surface area contributed by atoms with Gasteiger partial charge >= 0.3 is 0 Å². The normalized spacial score (nSPS) is 11.7. The molecule has 0 bridgehead atoms. The van der Waals surface area contributed by atoms with E-state index in [9.17, 15) is 52.7 Å². The number of rotatable bonds is 5. The van der Waals surface area contributed by atoms with Crippen molar-refractivity contribution in [3.8, 4) is 0 Å². The van der Waals surface area contributed by atoms with Gasteiger partial charge in [0.25, 0.3) is 11.0 Å². The molecule has 0 fully saturated rings. The van der Waals surface area contributed by atoms with Gasteiger partial charge in [0.05, 0.1) is 0 Å². The van der Waals surface area contributed by atoms with Crippen LogP contribution in [0.25, 0.3) is 10.2 Å². The second kappa shape index (κ2) is 14.8. The summed E-state index contributed by atoms with van der Waals surface area (Å²) in [5.41, 5.74) is -11.3. The maximum absolute atomic E-state index is 15.4. The fourth-order valence-corrected chi connectivity index (χ4v) is 6.76. The van der Waals surface area contributed by atoms with E-state index in [0.717, 1.165) is 5.52 Å². The minimum atomic E-state index is -7.22. The van der Waals surface area contributed by atoms with Crippen LogP contribution in [0.3, 0.4) is 0 Å². The molecule has 56 heavy (non-hydrogen) atoms. The molecule has 0 atom stereocenters. The van der Waals surface area contributed by atoms with E-state index < -0.39 is 144 Å².